The molecule has 0 aromatic heterocycles. The first-order valence-electron chi connectivity index (χ1n) is 5.03. The van der Waals surface area contributed by atoms with Gasteiger partial charge in [0.25, 0.3) is 0 Å². The van der Waals surface area contributed by atoms with Crippen molar-refractivity contribution in [1.29, 1.82) is 0 Å². The van der Waals surface area contributed by atoms with E-state index in [1.54, 1.807) is 0 Å². The summed E-state index contributed by atoms with van der Waals surface area (Å²) in [7, 11) is 0. The fourth-order valence-electron chi connectivity index (χ4n) is 1.47. The Labute approximate surface area is 87.1 Å². The van der Waals surface area contributed by atoms with Crippen LogP contribution in [0.2, 0.25) is 0 Å². The number of para-hydroxylation sites is 1. The lowest BCUT2D eigenvalue weighted by atomic mass is 9.90. The summed E-state index contributed by atoms with van der Waals surface area (Å²) in [6, 6.07) is 9.92. The number of rotatable bonds is 3. The van der Waals surface area contributed by atoms with Crippen molar-refractivity contribution >= 4 is 0 Å². The molecule has 0 aliphatic rings. The molecule has 0 bridgehead atoms. The maximum atomic E-state index is 5.71. The molecule has 0 amide bonds. The van der Waals surface area contributed by atoms with Crippen molar-refractivity contribution in [1.82, 2.24) is 0 Å². The summed E-state index contributed by atoms with van der Waals surface area (Å²) in [6.45, 7) is 8.68. The zero-order valence-corrected chi connectivity index (χ0v) is 9.50. The van der Waals surface area contributed by atoms with Crippen LogP contribution < -0.4 is 4.74 Å². The van der Waals surface area contributed by atoms with Crippen molar-refractivity contribution in [2.24, 2.45) is 5.41 Å². The smallest absolute Gasteiger partial charge is 0.146 e. The maximum Gasteiger partial charge on any atom is 0.146 e. The predicted octanol–water partition coefficient (Wildman–Crippen LogP) is 4.05. The minimum Gasteiger partial charge on any atom is -0.483 e. The molecule has 77 valence electrons. The van der Waals surface area contributed by atoms with Crippen molar-refractivity contribution in [3.63, 3.8) is 0 Å². The van der Waals surface area contributed by atoms with Crippen molar-refractivity contribution in [3.8, 4) is 5.75 Å². The van der Waals surface area contributed by atoms with Crippen LogP contribution in [-0.2, 0) is 0 Å². The van der Waals surface area contributed by atoms with Gasteiger partial charge in [0.15, 0.2) is 0 Å². The molecule has 1 nitrogen and oxygen atoms in total. The van der Waals surface area contributed by atoms with Crippen molar-refractivity contribution in [2.75, 3.05) is 0 Å². The van der Waals surface area contributed by atoms with Gasteiger partial charge in [0.05, 0.1) is 0 Å². The van der Waals surface area contributed by atoms with E-state index in [-0.39, 0.29) is 0 Å². The SMILES string of the molecule is C[C](CC(C)(C)C)Oc1ccccc1. The molecule has 0 heterocycles. The van der Waals surface area contributed by atoms with Gasteiger partial charge in [-0.05, 0) is 30.9 Å². The lowest BCUT2D eigenvalue weighted by Crippen LogP contribution is -2.13. The van der Waals surface area contributed by atoms with Gasteiger partial charge in [-0.15, -0.1) is 0 Å². The van der Waals surface area contributed by atoms with Crippen LogP contribution in [0.3, 0.4) is 0 Å². The first kappa shape index (κ1) is 11.1. The molecule has 0 atom stereocenters. The topological polar surface area (TPSA) is 9.23 Å². The third-order valence-electron chi connectivity index (χ3n) is 1.81. The van der Waals surface area contributed by atoms with E-state index in [1.165, 1.54) is 0 Å². The Morgan fingerprint density at radius 2 is 1.71 bits per heavy atom. The van der Waals surface area contributed by atoms with Gasteiger partial charge in [0.2, 0.25) is 0 Å². The van der Waals surface area contributed by atoms with E-state index in [1.807, 2.05) is 37.3 Å². The zero-order valence-electron chi connectivity index (χ0n) is 9.50. The van der Waals surface area contributed by atoms with Gasteiger partial charge >= 0.3 is 0 Å². The van der Waals surface area contributed by atoms with Crippen LogP contribution in [0.25, 0.3) is 0 Å². The van der Waals surface area contributed by atoms with Gasteiger partial charge in [-0.2, -0.15) is 0 Å². The van der Waals surface area contributed by atoms with E-state index in [0.717, 1.165) is 18.3 Å². The van der Waals surface area contributed by atoms with Crippen LogP contribution in [0.5, 0.6) is 5.75 Å². The minimum atomic E-state index is 0.291. The molecule has 0 saturated carbocycles. The largest absolute Gasteiger partial charge is 0.483 e. The molecule has 0 unspecified atom stereocenters. The first-order chi connectivity index (χ1) is 6.47. The van der Waals surface area contributed by atoms with Gasteiger partial charge in [-0.25, -0.2) is 0 Å². The molecule has 0 aliphatic carbocycles. The number of hydrogen-bond donors (Lipinski definition) is 0. The molecule has 0 aliphatic heterocycles. The molecule has 0 saturated heterocycles. The third-order valence-corrected chi connectivity index (χ3v) is 1.81. The molecule has 1 aromatic carbocycles. The molecule has 1 radical (unpaired) electrons. The van der Waals surface area contributed by atoms with Crippen LogP contribution in [0.1, 0.15) is 34.1 Å². The van der Waals surface area contributed by atoms with E-state index in [4.69, 9.17) is 4.74 Å². The van der Waals surface area contributed by atoms with E-state index < -0.39 is 0 Å². The Balaban J connectivity index is 2.46. The maximum absolute atomic E-state index is 5.71. The highest BCUT2D eigenvalue weighted by Crippen LogP contribution is 2.27. The molecule has 14 heavy (non-hydrogen) atoms. The number of hydrogen-bond acceptors (Lipinski definition) is 1. The number of ether oxygens (including phenoxy) is 1. The summed E-state index contributed by atoms with van der Waals surface area (Å²) in [5.74, 6) is 0.925. The molecular weight excluding hydrogens is 172 g/mol. The van der Waals surface area contributed by atoms with Crippen molar-refractivity contribution in [3.05, 3.63) is 36.4 Å². The normalized spacial score (nSPS) is 11.8. The molecule has 0 fully saturated rings. The Hall–Kier alpha value is -0.980. The van der Waals surface area contributed by atoms with Crippen molar-refractivity contribution < 1.29 is 4.74 Å². The van der Waals surface area contributed by atoms with Crippen LogP contribution in [0.4, 0.5) is 0 Å². The predicted molar refractivity (Wildman–Crippen MR) is 60.1 cm³/mol. The molecule has 0 spiro atoms. The second kappa shape index (κ2) is 4.50. The van der Waals surface area contributed by atoms with Crippen LogP contribution >= 0.6 is 0 Å². The summed E-state index contributed by atoms with van der Waals surface area (Å²) in [6.07, 6.45) is 2.06. The standard InChI is InChI=1S/C13H19O/c1-11(10-13(2,3)4)14-12-8-6-5-7-9-12/h5-9H,10H2,1-4H3. The molecular formula is C13H19O. The Morgan fingerprint density at radius 3 is 2.21 bits per heavy atom. The van der Waals surface area contributed by atoms with Gasteiger partial charge in [0.1, 0.15) is 11.9 Å². The van der Waals surface area contributed by atoms with Gasteiger partial charge in [0, 0.05) is 0 Å². The van der Waals surface area contributed by atoms with Crippen LogP contribution in [0, 0.1) is 11.5 Å². The van der Waals surface area contributed by atoms with Crippen molar-refractivity contribution in [2.45, 2.75) is 34.1 Å². The second-order valence-corrected chi connectivity index (χ2v) is 4.85. The quantitative estimate of drug-likeness (QED) is 0.700. The highest BCUT2D eigenvalue weighted by atomic mass is 16.5. The summed E-state index contributed by atoms with van der Waals surface area (Å²) in [5, 5.41) is 0. The summed E-state index contributed by atoms with van der Waals surface area (Å²) >= 11 is 0. The Bertz CT molecular complexity index is 258. The zero-order chi connectivity index (χ0) is 10.6. The van der Waals surface area contributed by atoms with Gasteiger partial charge < -0.3 is 4.74 Å². The number of benzene rings is 1. The average Bonchev–Trinajstić information content (AvgIpc) is 2.02. The van der Waals surface area contributed by atoms with Gasteiger partial charge in [-0.1, -0.05) is 39.0 Å². The molecule has 1 aromatic rings. The Kier molecular flexibility index (Phi) is 3.56. The molecule has 0 N–H and O–H groups in total. The summed E-state index contributed by atoms with van der Waals surface area (Å²) < 4.78 is 5.71. The van der Waals surface area contributed by atoms with E-state index in [2.05, 4.69) is 20.8 Å². The van der Waals surface area contributed by atoms with Crippen LogP contribution in [-0.4, -0.2) is 0 Å². The minimum absolute atomic E-state index is 0.291. The Morgan fingerprint density at radius 1 is 1.14 bits per heavy atom. The van der Waals surface area contributed by atoms with Gasteiger partial charge in [-0.3, -0.25) is 0 Å². The summed E-state index contributed by atoms with van der Waals surface area (Å²) in [4.78, 5) is 0. The van der Waals surface area contributed by atoms with E-state index >= 15 is 0 Å². The highest BCUT2D eigenvalue weighted by molar-refractivity contribution is 5.22. The third kappa shape index (κ3) is 4.31. The van der Waals surface area contributed by atoms with E-state index in [0.29, 0.717) is 5.41 Å². The summed E-state index contributed by atoms with van der Waals surface area (Å²) in [5.41, 5.74) is 0.291. The first-order valence-corrected chi connectivity index (χ1v) is 5.03. The molecule has 1 heteroatoms. The fourth-order valence-corrected chi connectivity index (χ4v) is 1.47. The fraction of sp³-hybridized carbons (Fsp3) is 0.462. The van der Waals surface area contributed by atoms with Crippen LogP contribution in [0.15, 0.2) is 30.3 Å². The lowest BCUT2D eigenvalue weighted by molar-refractivity contribution is 0.250. The average molecular weight is 191 g/mol. The van der Waals surface area contributed by atoms with E-state index in [9.17, 15) is 0 Å². The monoisotopic (exact) mass is 191 g/mol. The lowest BCUT2D eigenvalue weighted by Gasteiger charge is -2.22. The highest BCUT2D eigenvalue weighted by Gasteiger charge is 2.17. The molecule has 1 rings (SSSR count). The second-order valence-electron chi connectivity index (χ2n) is 4.85.